The first-order valence-corrected chi connectivity index (χ1v) is 5.92. The normalized spacial score (nSPS) is 11.1. The van der Waals surface area contributed by atoms with Gasteiger partial charge in [0.1, 0.15) is 0 Å². The van der Waals surface area contributed by atoms with Gasteiger partial charge in [0.25, 0.3) is 0 Å². The summed E-state index contributed by atoms with van der Waals surface area (Å²) in [7, 11) is 3.45. The zero-order valence-electron chi connectivity index (χ0n) is 10.7. The summed E-state index contributed by atoms with van der Waals surface area (Å²) in [5, 5.41) is 3.60. The molecule has 0 atom stereocenters. The molecule has 0 heterocycles. The predicted octanol–water partition coefficient (Wildman–Crippen LogP) is 2.89. The number of benzene rings is 1. The van der Waals surface area contributed by atoms with Crippen LogP contribution in [0.15, 0.2) is 24.3 Å². The summed E-state index contributed by atoms with van der Waals surface area (Å²) in [6.07, 6.45) is 0. The van der Waals surface area contributed by atoms with Gasteiger partial charge in [-0.05, 0) is 17.7 Å². The maximum absolute atomic E-state index is 11.5. The minimum atomic E-state index is -0.142. The molecule has 17 heavy (non-hydrogen) atoms. The van der Waals surface area contributed by atoms with E-state index in [2.05, 4.69) is 19.2 Å². The molecule has 1 aromatic rings. The van der Waals surface area contributed by atoms with E-state index in [4.69, 9.17) is 11.6 Å². The van der Waals surface area contributed by atoms with Gasteiger partial charge in [0.2, 0.25) is 0 Å². The van der Waals surface area contributed by atoms with E-state index in [1.165, 1.54) is 4.90 Å². The maximum atomic E-state index is 11.5. The lowest BCUT2D eigenvalue weighted by Gasteiger charge is -2.26. The summed E-state index contributed by atoms with van der Waals surface area (Å²) in [5.74, 6) is 0. The van der Waals surface area contributed by atoms with E-state index < -0.39 is 0 Å². The first-order chi connectivity index (χ1) is 7.83. The Balaban J connectivity index is 2.72. The summed E-state index contributed by atoms with van der Waals surface area (Å²) < 4.78 is 0. The van der Waals surface area contributed by atoms with E-state index >= 15 is 0 Å². The third kappa shape index (κ3) is 3.93. The number of hydrogen-bond acceptors (Lipinski definition) is 1. The summed E-state index contributed by atoms with van der Waals surface area (Å²) in [4.78, 5) is 13.0. The van der Waals surface area contributed by atoms with Crippen LogP contribution in [0.3, 0.4) is 0 Å². The molecule has 0 saturated heterocycles. The Morgan fingerprint density at radius 2 is 2.06 bits per heavy atom. The van der Waals surface area contributed by atoms with Crippen LogP contribution >= 0.6 is 11.6 Å². The Morgan fingerprint density at radius 3 is 2.59 bits per heavy atom. The van der Waals surface area contributed by atoms with Gasteiger partial charge in [0.05, 0.1) is 0 Å². The topological polar surface area (TPSA) is 32.3 Å². The lowest BCUT2D eigenvalue weighted by molar-refractivity contribution is 0.215. The van der Waals surface area contributed by atoms with Crippen molar-refractivity contribution in [1.29, 1.82) is 0 Å². The van der Waals surface area contributed by atoms with Crippen LogP contribution in [0.1, 0.15) is 19.4 Å². The van der Waals surface area contributed by atoms with Crippen molar-refractivity contribution in [2.75, 3.05) is 20.6 Å². The molecule has 4 heteroatoms. The molecule has 0 spiro atoms. The van der Waals surface area contributed by atoms with Gasteiger partial charge < -0.3 is 10.2 Å². The molecule has 0 bridgehead atoms. The number of nitrogens with zero attached hydrogens (tertiary/aromatic N) is 1. The monoisotopic (exact) mass is 254 g/mol. The Bertz CT molecular complexity index is 402. The number of rotatable bonds is 3. The second-order valence-corrected chi connectivity index (χ2v) is 5.38. The molecule has 0 saturated carbocycles. The van der Waals surface area contributed by atoms with Crippen molar-refractivity contribution >= 4 is 17.6 Å². The molecule has 0 unspecified atom stereocenters. The van der Waals surface area contributed by atoms with Gasteiger partial charge in [0, 0.05) is 31.1 Å². The van der Waals surface area contributed by atoms with Gasteiger partial charge in [-0.3, -0.25) is 0 Å². The van der Waals surface area contributed by atoms with Gasteiger partial charge >= 0.3 is 6.03 Å². The molecule has 0 aliphatic carbocycles. The van der Waals surface area contributed by atoms with Crippen molar-refractivity contribution in [3.05, 3.63) is 34.9 Å². The first kappa shape index (κ1) is 13.8. The summed E-state index contributed by atoms with van der Waals surface area (Å²) in [5.41, 5.74) is 0.973. The average molecular weight is 255 g/mol. The van der Waals surface area contributed by atoms with Crippen molar-refractivity contribution < 1.29 is 4.79 Å². The highest BCUT2D eigenvalue weighted by Crippen LogP contribution is 2.24. The molecule has 0 aromatic heterocycles. The number of urea groups is 1. The summed E-state index contributed by atoms with van der Waals surface area (Å²) >= 11 is 5.97. The summed E-state index contributed by atoms with van der Waals surface area (Å²) in [6, 6.07) is 7.64. The summed E-state index contributed by atoms with van der Waals surface area (Å²) in [6.45, 7) is 4.73. The lowest BCUT2D eigenvalue weighted by Crippen LogP contribution is -2.41. The molecular weight excluding hydrogens is 236 g/mol. The van der Waals surface area contributed by atoms with Crippen LogP contribution in [-0.4, -0.2) is 31.6 Å². The Morgan fingerprint density at radius 1 is 1.41 bits per heavy atom. The number of nitrogens with one attached hydrogen (secondary N) is 1. The second kappa shape index (κ2) is 5.41. The third-order valence-electron chi connectivity index (χ3n) is 2.69. The van der Waals surface area contributed by atoms with Crippen molar-refractivity contribution in [2.45, 2.75) is 19.3 Å². The fourth-order valence-electron chi connectivity index (χ4n) is 1.47. The van der Waals surface area contributed by atoms with Crippen LogP contribution < -0.4 is 5.32 Å². The number of carbonyl (C=O) groups is 1. The predicted molar refractivity (Wildman–Crippen MR) is 71.6 cm³/mol. The van der Waals surface area contributed by atoms with Gasteiger partial charge in [-0.1, -0.05) is 37.6 Å². The van der Waals surface area contributed by atoms with Crippen molar-refractivity contribution in [2.24, 2.45) is 0 Å². The molecule has 94 valence electrons. The van der Waals surface area contributed by atoms with E-state index in [1.807, 2.05) is 24.3 Å². The van der Waals surface area contributed by atoms with Crippen molar-refractivity contribution in [1.82, 2.24) is 10.2 Å². The van der Waals surface area contributed by atoms with Gasteiger partial charge in [-0.25, -0.2) is 4.79 Å². The average Bonchev–Trinajstić information content (AvgIpc) is 2.26. The smallest absolute Gasteiger partial charge is 0.316 e. The van der Waals surface area contributed by atoms with Crippen molar-refractivity contribution in [3.8, 4) is 0 Å². The quantitative estimate of drug-likeness (QED) is 0.884. The van der Waals surface area contributed by atoms with Gasteiger partial charge in [-0.2, -0.15) is 0 Å². The Hall–Kier alpha value is -1.22. The largest absolute Gasteiger partial charge is 0.337 e. The van der Waals surface area contributed by atoms with Crippen molar-refractivity contribution in [3.63, 3.8) is 0 Å². The number of amides is 2. The minimum Gasteiger partial charge on any atom is -0.337 e. The standard InChI is InChI=1S/C13H19ClN2O/c1-13(2,9-15-12(17)16(3)4)10-6-5-7-11(14)8-10/h5-8H,9H2,1-4H3,(H,15,17). The fraction of sp³-hybridized carbons (Fsp3) is 0.462. The first-order valence-electron chi connectivity index (χ1n) is 5.54. The van der Waals surface area contributed by atoms with E-state index in [1.54, 1.807) is 14.1 Å². The minimum absolute atomic E-state index is 0.0832. The van der Waals surface area contributed by atoms with Crippen LogP contribution in [0.2, 0.25) is 5.02 Å². The van der Waals surface area contributed by atoms with Crippen LogP contribution in [0.4, 0.5) is 4.79 Å². The fourth-order valence-corrected chi connectivity index (χ4v) is 1.66. The molecular formula is C13H19ClN2O. The molecule has 0 aliphatic heterocycles. The number of carbonyl (C=O) groups excluding carboxylic acids is 1. The van der Waals surface area contributed by atoms with E-state index in [0.29, 0.717) is 6.54 Å². The van der Waals surface area contributed by atoms with E-state index in [-0.39, 0.29) is 11.4 Å². The molecule has 1 aromatic carbocycles. The van der Waals surface area contributed by atoms with Crippen LogP contribution in [0.5, 0.6) is 0 Å². The molecule has 0 fully saturated rings. The second-order valence-electron chi connectivity index (χ2n) is 4.95. The molecule has 0 aliphatic rings. The molecule has 3 nitrogen and oxygen atoms in total. The van der Waals surface area contributed by atoms with Crippen LogP contribution in [-0.2, 0) is 5.41 Å². The van der Waals surface area contributed by atoms with E-state index in [0.717, 1.165) is 10.6 Å². The Kier molecular flexibility index (Phi) is 4.40. The van der Waals surface area contributed by atoms with Gasteiger partial charge in [0.15, 0.2) is 0 Å². The van der Waals surface area contributed by atoms with Gasteiger partial charge in [-0.15, -0.1) is 0 Å². The molecule has 1 rings (SSSR count). The highest BCUT2D eigenvalue weighted by atomic mass is 35.5. The highest BCUT2D eigenvalue weighted by Gasteiger charge is 2.21. The molecule has 0 radical (unpaired) electrons. The Labute approximate surface area is 108 Å². The highest BCUT2D eigenvalue weighted by molar-refractivity contribution is 6.30. The number of hydrogen-bond donors (Lipinski definition) is 1. The SMILES string of the molecule is CN(C)C(=O)NCC(C)(C)c1cccc(Cl)c1. The lowest BCUT2D eigenvalue weighted by atomic mass is 9.85. The third-order valence-corrected chi connectivity index (χ3v) is 2.93. The zero-order valence-corrected chi connectivity index (χ0v) is 11.5. The molecule has 2 amide bonds. The molecule has 1 N–H and O–H groups in total. The van der Waals surface area contributed by atoms with Crippen LogP contribution in [0, 0.1) is 0 Å². The van der Waals surface area contributed by atoms with Crippen LogP contribution in [0.25, 0.3) is 0 Å². The maximum Gasteiger partial charge on any atom is 0.316 e. The zero-order chi connectivity index (χ0) is 13.1. The van der Waals surface area contributed by atoms with E-state index in [9.17, 15) is 4.79 Å². The number of halogens is 1.